The van der Waals surface area contributed by atoms with Crippen LogP contribution in [0.25, 0.3) is 0 Å². The highest BCUT2D eigenvalue weighted by Gasteiger charge is 2.25. The Morgan fingerprint density at radius 2 is 1.95 bits per heavy atom. The van der Waals surface area contributed by atoms with Gasteiger partial charge < -0.3 is 10.4 Å². The average molecular weight is 267 g/mol. The van der Waals surface area contributed by atoms with E-state index in [1.807, 2.05) is 13.0 Å². The van der Waals surface area contributed by atoms with Crippen molar-refractivity contribution < 1.29 is 9.50 Å². The van der Waals surface area contributed by atoms with Crippen LogP contribution in [0.15, 0.2) is 18.2 Å². The van der Waals surface area contributed by atoms with Crippen molar-refractivity contribution in [2.75, 3.05) is 6.61 Å². The zero-order chi connectivity index (χ0) is 14.6. The molecule has 0 saturated carbocycles. The van der Waals surface area contributed by atoms with Crippen LogP contribution in [0.1, 0.15) is 51.3 Å². The molecule has 2 unspecified atom stereocenters. The number of aryl methyl sites for hydroxylation is 1. The second kappa shape index (κ2) is 6.49. The van der Waals surface area contributed by atoms with Crippen LogP contribution in [0.2, 0.25) is 0 Å². The second-order valence-electron chi connectivity index (χ2n) is 6.33. The van der Waals surface area contributed by atoms with Gasteiger partial charge in [-0.3, -0.25) is 0 Å². The van der Waals surface area contributed by atoms with Gasteiger partial charge >= 0.3 is 0 Å². The summed E-state index contributed by atoms with van der Waals surface area (Å²) in [5, 5.41) is 12.7. The van der Waals surface area contributed by atoms with E-state index in [0.717, 1.165) is 5.56 Å². The number of nitrogens with one attached hydrogen (secondary N) is 1. The number of rotatable bonds is 5. The summed E-state index contributed by atoms with van der Waals surface area (Å²) in [5.74, 6) is -0.166. The summed E-state index contributed by atoms with van der Waals surface area (Å²) in [5.41, 5.74) is 1.66. The highest BCUT2D eigenvalue weighted by Crippen LogP contribution is 2.25. The molecule has 0 radical (unpaired) electrons. The Morgan fingerprint density at radius 1 is 1.32 bits per heavy atom. The third kappa shape index (κ3) is 4.59. The Bertz CT molecular complexity index is 412. The van der Waals surface area contributed by atoms with Crippen LogP contribution in [0, 0.1) is 18.2 Å². The topological polar surface area (TPSA) is 32.3 Å². The minimum Gasteiger partial charge on any atom is -0.396 e. The lowest BCUT2D eigenvalue weighted by molar-refractivity contribution is 0.188. The van der Waals surface area contributed by atoms with Gasteiger partial charge in [0, 0.05) is 18.7 Å². The van der Waals surface area contributed by atoms with E-state index in [1.165, 1.54) is 0 Å². The first-order valence-corrected chi connectivity index (χ1v) is 6.88. The van der Waals surface area contributed by atoms with E-state index >= 15 is 0 Å². The van der Waals surface area contributed by atoms with E-state index < -0.39 is 0 Å². The van der Waals surface area contributed by atoms with Gasteiger partial charge in [0.05, 0.1) is 0 Å². The summed E-state index contributed by atoms with van der Waals surface area (Å²) in [7, 11) is 0. The molecular weight excluding hydrogens is 241 g/mol. The Kier molecular flexibility index (Phi) is 5.50. The van der Waals surface area contributed by atoms with E-state index in [9.17, 15) is 4.39 Å². The first-order chi connectivity index (χ1) is 8.75. The van der Waals surface area contributed by atoms with Gasteiger partial charge in [-0.2, -0.15) is 0 Å². The van der Waals surface area contributed by atoms with E-state index in [-0.39, 0.29) is 29.9 Å². The maximum Gasteiger partial charge on any atom is 0.126 e. The fraction of sp³-hybridized carbons (Fsp3) is 0.625. The molecule has 108 valence electrons. The molecule has 0 bridgehead atoms. The fourth-order valence-corrected chi connectivity index (χ4v) is 2.17. The smallest absolute Gasteiger partial charge is 0.126 e. The second-order valence-corrected chi connectivity index (χ2v) is 6.33. The maximum atomic E-state index is 13.6. The van der Waals surface area contributed by atoms with Crippen molar-refractivity contribution in [2.24, 2.45) is 5.41 Å². The zero-order valence-corrected chi connectivity index (χ0v) is 12.6. The van der Waals surface area contributed by atoms with Crippen LogP contribution in [0.3, 0.4) is 0 Å². The van der Waals surface area contributed by atoms with Crippen molar-refractivity contribution in [2.45, 2.75) is 53.1 Å². The minimum atomic E-state index is -0.166. The standard InChI is InChI=1S/C16H26FNO/c1-11-6-7-13(10-14(11)17)12(2)18-15(8-9-19)16(3,4)5/h6-7,10,12,15,18-19H,8-9H2,1-5H3. The molecule has 0 aromatic heterocycles. The number of aliphatic hydroxyl groups is 1. The van der Waals surface area contributed by atoms with Crippen LogP contribution in [-0.2, 0) is 0 Å². The van der Waals surface area contributed by atoms with Gasteiger partial charge in [0.25, 0.3) is 0 Å². The van der Waals surface area contributed by atoms with Gasteiger partial charge in [-0.05, 0) is 42.9 Å². The minimum absolute atomic E-state index is 0.0558. The van der Waals surface area contributed by atoms with Gasteiger partial charge in [-0.15, -0.1) is 0 Å². The molecule has 0 heterocycles. The fourth-order valence-electron chi connectivity index (χ4n) is 2.17. The number of halogens is 1. The van der Waals surface area contributed by atoms with Crippen LogP contribution < -0.4 is 5.32 Å². The molecule has 3 heteroatoms. The Hall–Kier alpha value is -0.930. The summed E-state index contributed by atoms with van der Waals surface area (Å²) < 4.78 is 13.6. The maximum absolute atomic E-state index is 13.6. The van der Waals surface area contributed by atoms with Gasteiger partial charge in [0.15, 0.2) is 0 Å². The molecule has 2 N–H and O–H groups in total. The van der Waals surface area contributed by atoms with Crippen molar-refractivity contribution in [3.63, 3.8) is 0 Å². The molecule has 0 fully saturated rings. The predicted octanol–water partition coefficient (Wildman–Crippen LogP) is 3.58. The summed E-state index contributed by atoms with van der Waals surface area (Å²) in [6, 6.07) is 5.60. The third-order valence-electron chi connectivity index (χ3n) is 3.61. The monoisotopic (exact) mass is 267 g/mol. The Balaban J connectivity index is 2.81. The van der Waals surface area contributed by atoms with Gasteiger partial charge in [0.1, 0.15) is 5.82 Å². The molecule has 1 aromatic rings. The third-order valence-corrected chi connectivity index (χ3v) is 3.61. The zero-order valence-electron chi connectivity index (χ0n) is 12.6. The van der Waals surface area contributed by atoms with E-state index in [2.05, 4.69) is 26.1 Å². The lowest BCUT2D eigenvalue weighted by Crippen LogP contribution is -2.42. The lowest BCUT2D eigenvalue weighted by atomic mass is 9.84. The Labute approximate surface area is 116 Å². The van der Waals surface area contributed by atoms with E-state index in [0.29, 0.717) is 12.0 Å². The average Bonchev–Trinajstić information content (AvgIpc) is 2.30. The molecule has 2 nitrogen and oxygen atoms in total. The highest BCUT2D eigenvalue weighted by atomic mass is 19.1. The lowest BCUT2D eigenvalue weighted by Gasteiger charge is -2.34. The van der Waals surface area contributed by atoms with Crippen molar-refractivity contribution in [3.8, 4) is 0 Å². The molecule has 0 aliphatic carbocycles. The van der Waals surface area contributed by atoms with E-state index in [1.54, 1.807) is 19.1 Å². The number of hydrogen-bond donors (Lipinski definition) is 2. The van der Waals surface area contributed by atoms with Gasteiger partial charge in [0.2, 0.25) is 0 Å². The molecular formula is C16H26FNO. The first kappa shape index (κ1) is 16.1. The molecule has 1 rings (SSSR count). The molecule has 1 aromatic carbocycles. The molecule has 0 saturated heterocycles. The molecule has 0 spiro atoms. The molecule has 2 atom stereocenters. The summed E-state index contributed by atoms with van der Waals surface area (Å²) in [6.45, 7) is 10.4. The largest absolute Gasteiger partial charge is 0.396 e. The summed E-state index contributed by atoms with van der Waals surface area (Å²) in [4.78, 5) is 0. The first-order valence-electron chi connectivity index (χ1n) is 6.88. The predicted molar refractivity (Wildman–Crippen MR) is 77.6 cm³/mol. The van der Waals surface area contributed by atoms with Crippen LogP contribution in [-0.4, -0.2) is 17.8 Å². The Morgan fingerprint density at radius 3 is 2.42 bits per heavy atom. The summed E-state index contributed by atoms with van der Waals surface area (Å²) in [6.07, 6.45) is 0.697. The number of benzene rings is 1. The number of hydrogen-bond acceptors (Lipinski definition) is 2. The van der Waals surface area contributed by atoms with Crippen molar-refractivity contribution in [1.29, 1.82) is 0 Å². The van der Waals surface area contributed by atoms with E-state index in [4.69, 9.17) is 5.11 Å². The summed E-state index contributed by atoms with van der Waals surface area (Å²) >= 11 is 0. The molecule has 0 aliphatic heterocycles. The number of aliphatic hydroxyl groups excluding tert-OH is 1. The normalized spacial score (nSPS) is 15.3. The quantitative estimate of drug-likeness (QED) is 0.854. The molecule has 0 aliphatic rings. The highest BCUT2D eigenvalue weighted by molar-refractivity contribution is 5.25. The van der Waals surface area contributed by atoms with Crippen LogP contribution >= 0.6 is 0 Å². The van der Waals surface area contributed by atoms with Gasteiger partial charge in [-0.25, -0.2) is 4.39 Å². The van der Waals surface area contributed by atoms with Crippen LogP contribution in [0.5, 0.6) is 0 Å². The van der Waals surface area contributed by atoms with Crippen molar-refractivity contribution in [3.05, 3.63) is 35.1 Å². The molecule has 0 amide bonds. The van der Waals surface area contributed by atoms with Crippen molar-refractivity contribution in [1.82, 2.24) is 5.32 Å². The van der Waals surface area contributed by atoms with Crippen LogP contribution in [0.4, 0.5) is 4.39 Å². The van der Waals surface area contributed by atoms with Gasteiger partial charge in [-0.1, -0.05) is 32.9 Å². The SMILES string of the molecule is Cc1ccc(C(C)NC(CCO)C(C)(C)C)cc1F. The van der Waals surface area contributed by atoms with Crippen molar-refractivity contribution >= 4 is 0 Å². The molecule has 19 heavy (non-hydrogen) atoms.